The third-order valence-corrected chi connectivity index (χ3v) is 7.48. The Balaban J connectivity index is 1.30. The van der Waals surface area contributed by atoms with Crippen LogP contribution in [0, 0.1) is 6.92 Å². The number of hydrogen-bond acceptors (Lipinski definition) is 8. The van der Waals surface area contributed by atoms with Gasteiger partial charge in [-0.25, -0.2) is 9.78 Å². The largest absolute Gasteiger partial charge is 0.454 e. The van der Waals surface area contributed by atoms with Crippen LogP contribution < -0.4 is 14.8 Å². The van der Waals surface area contributed by atoms with Gasteiger partial charge in [0.05, 0.1) is 16.1 Å². The summed E-state index contributed by atoms with van der Waals surface area (Å²) in [7, 11) is 0. The number of nitrogens with one attached hydrogen (secondary N) is 1. The van der Waals surface area contributed by atoms with Gasteiger partial charge in [-0.15, -0.1) is 22.7 Å². The van der Waals surface area contributed by atoms with Crippen molar-refractivity contribution in [1.29, 1.82) is 0 Å². The molecule has 186 valence electrons. The van der Waals surface area contributed by atoms with Gasteiger partial charge in [-0.3, -0.25) is 4.79 Å². The van der Waals surface area contributed by atoms with Gasteiger partial charge in [0.15, 0.2) is 18.1 Å². The number of ether oxygens (including phenoxy) is 3. The number of benzene rings is 1. The standard InChI is InChI=1S/C24H17F3N2O5S2/c1-12-20-14(24(25,26)27)8-15(18-3-2-6-35-18)29-22(20)36-21(12)23(31)32-10-19(30)28-9-13-4-5-16-17(7-13)34-11-33-16/h2-8H,9-11H2,1H3,(H,28,30). The first kappa shape index (κ1) is 24.1. The Bertz CT molecular complexity index is 1460. The molecule has 36 heavy (non-hydrogen) atoms. The van der Waals surface area contributed by atoms with Gasteiger partial charge in [0, 0.05) is 11.9 Å². The number of amides is 1. The molecule has 0 atom stereocenters. The van der Waals surface area contributed by atoms with Gasteiger partial charge in [-0.1, -0.05) is 12.1 Å². The molecule has 0 aliphatic carbocycles. The van der Waals surface area contributed by atoms with E-state index in [1.165, 1.54) is 18.3 Å². The number of rotatable bonds is 6. The molecule has 4 heterocycles. The normalized spacial score (nSPS) is 12.7. The van der Waals surface area contributed by atoms with Gasteiger partial charge in [-0.2, -0.15) is 13.2 Å². The second kappa shape index (κ2) is 9.43. The molecule has 0 saturated carbocycles. The average Bonchev–Trinajstić information content (AvgIpc) is 3.60. The monoisotopic (exact) mass is 534 g/mol. The van der Waals surface area contributed by atoms with Crippen LogP contribution in [0.1, 0.15) is 26.4 Å². The SMILES string of the molecule is Cc1c(C(=O)OCC(=O)NCc2ccc3c(c2)OCO3)sc2nc(-c3cccs3)cc(C(F)(F)F)c12. The molecule has 4 aromatic rings. The van der Waals surface area contributed by atoms with Gasteiger partial charge in [0.25, 0.3) is 5.91 Å². The lowest BCUT2D eigenvalue weighted by molar-refractivity contribution is -0.136. The maximum atomic E-state index is 13.9. The number of hydrogen-bond donors (Lipinski definition) is 1. The van der Waals surface area contributed by atoms with E-state index >= 15 is 0 Å². The van der Waals surface area contributed by atoms with Crippen LogP contribution in [0.4, 0.5) is 13.2 Å². The zero-order valence-corrected chi connectivity index (χ0v) is 20.2. The highest BCUT2D eigenvalue weighted by Gasteiger charge is 2.36. The van der Waals surface area contributed by atoms with Crippen molar-refractivity contribution in [3.05, 3.63) is 63.3 Å². The number of thiophene rings is 2. The summed E-state index contributed by atoms with van der Waals surface area (Å²) < 4.78 is 57.3. The third kappa shape index (κ3) is 4.73. The van der Waals surface area contributed by atoms with Crippen LogP contribution in [-0.2, 0) is 22.3 Å². The summed E-state index contributed by atoms with van der Waals surface area (Å²) >= 11 is 2.08. The summed E-state index contributed by atoms with van der Waals surface area (Å²) in [5, 5.41) is 4.22. The van der Waals surface area contributed by atoms with Gasteiger partial charge in [0.1, 0.15) is 9.71 Å². The number of nitrogens with zero attached hydrogens (tertiary/aromatic N) is 1. The number of aromatic nitrogens is 1. The van der Waals surface area contributed by atoms with E-state index in [-0.39, 0.29) is 39.7 Å². The smallest absolute Gasteiger partial charge is 0.417 e. The Morgan fingerprint density at radius 1 is 1.17 bits per heavy atom. The lowest BCUT2D eigenvalue weighted by Gasteiger charge is -2.11. The third-order valence-electron chi connectivity index (χ3n) is 5.43. The minimum absolute atomic E-state index is 0.0325. The maximum absolute atomic E-state index is 13.9. The van der Waals surface area contributed by atoms with Crippen LogP contribution in [0.15, 0.2) is 41.8 Å². The molecule has 0 fully saturated rings. The van der Waals surface area contributed by atoms with E-state index in [1.54, 1.807) is 35.7 Å². The van der Waals surface area contributed by atoms with Crippen LogP contribution in [0.2, 0.25) is 0 Å². The zero-order valence-electron chi connectivity index (χ0n) is 18.6. The van der Waals surface area contributed by atoms with Gasteiger partial charge in [0.2, 0.25) is 6.79 Å². The maximum Gasteiger partial charge on any atom is 0.417 e. The summed E-state index contributed by atoms with van der Waals surface area (Å²) in [5.74, 6) is -0.265. The molecule has 1 aliphatic heterocycles. The van der Waals surface area contributed by atoms with Crippen molar-refractivity contribution < 1.29 is 37.0 Å². The second-order valence-electron chi connectivity index (χ2n) is 7.81. The predicted octanol–water partition coefficient (Wildman–Crippen LogP) is 5.55. The van der Waals surface area contributed by atoms with Crippen LogP contribution >= 0.6 is 22.7 Å². The van der Waals surface area contributed by atoms with E-state index in [4.69, 9.17) is 14.2 Å². The number of pyridine rings is 1. The van der Waals surface area contributed by atoms with Gasteiger partial charge >= 0.3 is 12.1 Å². The summed E-state index contributed by atoms with van der Waals surface area (Å²) in [6.45, 7) is 1.13. The minimum Gasteiger partial charge on any atom is -0.454 e. The Labute approximate surface area is 210 Å². The number of aryl methyl sites for hydroxylation is 1. The Morgan fingerprint density at radius 2 is 1.97 bits per heavy atom. The summed E-state index contributed by atoms with van der Waals surface area (Å²) in [4.78, 5) is 29.9. The first-order valence-electron chi connectivity index (χ1n) is 10.6. The summed E-state index contributed by atoms with van der Waals surface area (Å²) in [6.07, 6.45) is -4.64. The highest BCUT2D eigenvalue weighted by molar-refractivity contribution is 7.20. The van der Waals surface area contributed by atoms with Crippen molar-refractivity contribution in [2.24, 2.45) is 0 Å². The Morgan fingerprint density at radius 3 is 2.72 bits per heavy atom. The fourth-order valence-corrected chi connectivity index (χ4v) is 5.50. The first-order valence-corrected chi connectivity index (χ1v) is 12.3. The van der Waals surface area contributed by atoms with Crippen LogP contribution in [0.5, 0.6) is 11.5 Å². The second-order valence-corrected chi connectivity index (χ2v) is 9.75. The van der Waals surface area contributed by atoms with Crippen molar-refractivity contribution in [3.63, 3.8) is 0 Å². The highest BCUT2D eigenvalue weighted by atomic mass is 32.1. The molecular formula is C24H17F3N2O5S2. The number of esters is 1. The van der Waals surface area contributed by atoms with Crippen molar-refractivity contribution in [2.75, 3.05) is 13.4 Å². The van der Waals surface area contributed by atoms with Crippen LogP contribution in [0.25, 0.3) is 20.8 Å². The quantitative estimate of drug-likeness (QED) is 0.326. The summed E-state index contributed by atoms with van der Waals surface area (Å²) in [5.41, 5.74) is 0.170. The van der Waals surface area contributed by atoms with Crippen molar-refractivity contribution in [1.82, 2.24) is 10.3 Å². The molecule has 5 rings (SSSR count). The number of carbonyl (C=O) groups excluding carboxylic acids is 2. The fourth-order valence-electron chi connectivity index (χ4n) is 3.71. The summed E-state index contributed by atoms with van der Waals surface area (Å²) in [6, 6.07) is 9.60. The van der Waals surface area contributed by atoms with E-state index in [0.717, 1.165) is 23.0 Å². The first-order chi connectivity index (χ1) is 17.2. The van der Waals surface area contributed by atoms with Gasteiger partial charge in [-0.05, 0) is 47.7 Å². The zero-order chi connectivity index (χ0) is 25.4. The number of halogens is 3. The lowest BCUT2D eigenvalue weighted by Crippen LogP contribution is -2.28. The fraction of sp³-hybridized carbons (Fsp3) is 0.208. The minimum atomic E-state index is -4.64. The van der Waals surface area contributed by atoms with E-state index < -0.39 is 30.2 Å². The van der Waals surface area contributed by atoms with Gasteiger partial charge < -0.3 is 19.5 Å². The molecule has 0 spiro atoms. The molecule has 0 radical (unpaired) electrons. The Kier molecular flexibility index (Phi) is 6.31. The highest BCUT2D eigenvalue weighted by Crippen LogP contribution is 2.42. The molecule has 1 amide bonds. The van der Waals surface area contributed by atoms with E-state index in [9.17, 15) is 22.8 Å². The topological polar surface area (TPSA) is 86.8 Å². The van der Waals surface area contributed by atoms with Crippen molar-refractivity contribution >= 4 is 44.8 Å². The van der Waals surface area contributed by atoms with E-state index in [0.29, 0.717) is 16.4 Å². The molecule has 0 bridgehead atoms. The molecular weight excluding hydrogens is 517 g/mol. The molecule has 7 nitrogen and oxygen atoms in total. The molecule has 0 saturated heterocycles. The lowest BCUT2D eigenvalue weighted by atomic mass is 10.1. The Hall–Kier alpha value is -3.64. The van der Waals surface area contributed by atoms with Crippen LogP contribution in [0.3, 0.4) is 0 Å². The molecule has 0 unspecified atom stereocenters. The molecule has 1 N–H and O–H groups in total. The van der Waals surface area contributed by atoms with E-state index in [2.05, 4.69) is 10.3 Å². The van der Waals surface area contributed by atoms with E-state index in [1.807, 2.05) is 0 Å². The van der Waals surface area contributed by atoms with Crippen molar-refractivity contribution in [2.45, 2.75) is 19.6 Å². The number of alkyl halides is 3. The number of carbonyl (C=O) groups is 2. The van der Waals surface area contributed by atoms with Crippen molar-refractivity contribution in [3.8, 4) is 22.1 Å². The molecule has 3 aromatic heterocycles. The average molecular weight is 535 g/mol. The predicted molar refractivity (Wildman–Crippen MR) is 127 cm³/mol. The number of fused-ring (bicyclic) bond motifs is 2. The molecule has 12 heteroatoms. The van der Waals surface area contributed by atoms with Crippen LogP contribution in [-0.4, -0.2) is 30.3 Å². The molecule has 1 aliphatic rings. The molecule has 1 aromatic carbocycles.